The fourth-order valence-electron chi connectivity index (χ4n) is 2.12. The quantitative estimate of drug-likeness (QED) is 0.838. The molecule has 114 valence electrons. The summed E-state index contributed by atoms with van der Waals surface area (Å²) >= 11 is 1.65. The monoisotopic (exact) mass is 305 g/mol. The first-order chi connectivity index (χ1) is 10.1. The van der Waals surface area contributed by atoms with Gasteiger partial charge in [0.1, 0.15) is 15.8 Å². The van der Waals surface area contributed by atoms with Crippen molar-refractivity contribution in [3.05, 3.63) is 29.3 Å². The van der Waals surface area contributed by atoms with Crippen molar-refractivity contribution < 1.29 is 4.74 Å². The molecule has 1 aromatic heterocycles. The number of benzene rings is 1. The third kappa shape index (κ3) is 4.25. The van der Waals surface area contributed by atoms with Crippen LogP contribution in [0.15, 0.2) is 24.3 Å². The molecule has 5 heteroatoms. The molecule has 0 aliphatic heterocycles. The highest BCUT2D eigenvalue weighted by Crippen LogP contribution is 2.30. The second-order valence-electron chi connectivity index (χ2n) is 5.16. The van der Waals surface area contributed by atoms with Gasteiger partial charge in [0, 0.05) is 5.56 Å². The van der Waals surface area contributed by atoms with Crippen molar-refractivity contribution >= 4 is 11.3 Å². The molecule has 0 radical (unpaired) electrons. The summed E-state index contributed by atoms with van der Waals surface area (Å²) < 4.78 is 5.73. The van der Waals surface area contributed by atoms with Crippen LogP contribution in [-0.4, -0.2) is 22.8 Å². The molecular weight excluding hydrogens is 282 g/mol. The van der Waals surface area contributed by atoms with Crippen LogP contribution in [0.3, 0.4) is 0 Å². The summed E-state index contributed by atoms with van der Waals surface area (Å²) in [5.74, 6) is 0.873. The number of nitrogens with one attached hydrogen (secondary N) is 1. The number of ether oxygens (including phenoxy) is 1. The topological polar surface area (TPSA) is 47.0 Å². The van der Waals surface area contributed by atoms with E-state index in [-0.39, 0.29) is 12.1 Å². The standard InChI is InChI=1S/C16H23N3OS/c1-5-14(17-6-2)16-19-18-15(21-16)12-8-7-9-13(10-12)20-11(3)4/h7-11,14,17H,5-6H2,1-4H3. The third-order valence-corrected chi connectivity index (χ3v) is 4.14. The van der Waals surface area contributed by atoms with Gasteiger partial charge in [-0.1, -0.05) is 37.3 Å². The molecule has 0 aliphatic carbocycles. The Morgan fingerprint density at radius 1 is 1.24 bits per heavy atom. The molecule has 1 heterocycles. The Morgan fingerprint density at radius 3 is 2.71 bits per heavy atom. The fourth-order valence-corrected chi connectivity index (χ4v) is 3.12. The Kier molecular flexibility index (Phi) is 5.70. The van der Waals surface area contributed by atoms with E-state index in [0.29, 0.717) is 0 Å². The molecule has 1 atom stereocenters. The highest BCUT2D eigenvalue weighted by molar-refractivity contribution is 7.14. The minimum Gasteiger partial charge on any atom is -0.491 e. The van der Waals surface area contributed by atoms with Gasteiger partial charge in [-0.2, -0.15) is 0 Å². The van der Waals surface area contributed by atoms with Crippen LogP contribution in [0.1, 0.15) is 45.2 Å². The van der Waals surface area contributed by atoms with Crippen molar-refractivity contribution in [2.45, 2.75) is 46.3 Å². The molecule has 0 aliphatic rings. The number of rotatable bonds is 7. The van der Waals surface area contributed by atoms with Crippen LogP contribution in [0.4, 0.5) is 0 Å². The second kappa shape index (κ2) is 7.52. The molecule has 1 unspecified atom stereocenters. The molecule has 1 N–H and O–H groups in total. The first kappa shape index (κ1) is 15.9. The van der Waals surface area contributed by atoms with E-state index < -0.39 is 0 Å². The van der Waals surface area contributed by atoms with Crippen LogP contribution < -0.4 is 10.1 Å². The number of hydrogen-bond acceptors (Lipinski definition) is 5. The Morgan fingerprint density at radius 2 is 2.05 bits per heavy atom. The molecule has 0 fully saturated rings. The van der Waals surface area contributed by atoms with E-state index in [0.717, 1.165) is 34.3 Å². The van der Waals surface area contributed by atoms with Crippen LogP contribution in [0.5, 0.6) is 5.75 Å². The van der Waals surface area contributed by atoms with Crippen LogP contribution >= 0.6 is 11.3 Å². The molecule has 0 spiro atoms. The SMILES string of the molecule is CCNC(CC)c1nnc(-c2cccc(OC(C)C)c2)s1. The van der Waals surface area contributed by atoms with Gasteiger partial charge in [0.05, 0.1) is 12.1 Å². The van der Waals surface area contributed by atoms with Gasteiger partial charge in [0.15, 0.2) is 0 Å². The predicted octanol–water partition coefficient (Wildman–Crippen LogP) is 4.05. The molecule has 2 rings (SSSR count). The van der Waals surface area contributed by atoms with Gasteiger partial charge in [-0.15, -0.1) is 10.2 Å². The van der Waals surface area contributed by atoms with Crippen molar-refractivity contribution in [3.63, 3.8) is 0 Å². The molecule has 1 aromatic carbocycles. The van der Waals surface area contributed by atoms with Crippen LogP contribution in [0.25, 0.3) is 10.6 Å². The lowest BCUT2D eigenvalue weighted by Crippen LogP contribution is -2.19. The Bertz CT molecular complexity index is 568. The lowest BCUT2D eigenvalue weighted by molar-refractivity contribution is 0.242. The zero-order valence-electron chi connectivity index (χ0n) is 13.1. The van der Waals surface area contributed by atoms with Crippen LogP contribution in [0.2, 0.25) is 0 Å². The number of nitrogens with zero attached hydrogens (tertiary/aromatic N) is 2. The lowest BCUT2D eigenvalue weighted by Gasteiger charge is -2.11. The summed E-state index contributed by atoms with van der Waals surface area (Å²) in [5, 5.41) is 14.1. The predicted molar refractivity (Wildman–Crippen MR) is 87.8 cm³/mol. The number of aromatic nitrogens is 2. The van der Waals surface area contributed by atoms with E-state index in [4.69, 9.17) is 4.74 Å². The molecule has 0 saturated heterocycles. The summed E-state index contributed by atoms with van der Waals surface area (Å²) in [5.41, 5.74) is 1.06. The van der Waals surface area contributed by atoms with Gasteiger partial charge >= 0.3 is 0 Å². The minimum atomic E-state index is 0.170. The highest BCUT2D eigenvalue weighted by Gasteiger charge is 2.15. The Labute approximate surface area is 130 Å². The van der Waals surface area contributed by atoms with Gasteiger partial charge < -0.3 is 10.1 Å². The maximum absolute atomic E-state index is 5.73. The second-order valence-corrected chi connectivity index (χ2v) is 6.17. The third-order valence-electron chi connectivity index (χ3n) is 3.05. The van der Waals surface area contributed by atoms with Gasteiger partial charge in [-0.3, -0.25) is 0 Å². The molecule has 4 nitrogen and oxygen atoms in total. The summed E-state index contributed by atoms with van der Waals surface area (Å²) in [7, 11) is 0. The number of hydrogen-bond donors (Lipinski definition) is 1. The first-order valence-corrected chi connectivity index (χ1v) is 8.29. The van der Waals surface area contributed by atoms with Crippen LogP contribution in [-0.2, 0) is 0 Å². The van der Waals surface area contributed by atoms with Gasteiger partial charge in [0.2, 0.25) is 0 Å². The maximum Gasteiger partial charge on any atom is 0.147 e. The lowest BCUT2D eigenvalue weighted by atomic mass is 10.2. The minimum absolute atomic E-state index is 0.170. The highest BCUT2D eigenvalue weighted by atomic mass is 32.1. The first-order valence-electron chi connectivity index (χ1n) is 7.47. The molecule has 0 saturated carbocycles. The molecule has 2 aromatic rings. The largest absolute Gasteiger partial charge is 0.491 e. The van der Waals surface area contributed by atoms with E-state index in [1.54, 1.807) is 11.3 Å². The zero-order valence-corrected chi connectivity index (χ0v) is 13.9. The van der Waals surface area contributed by atoms with E-state index in [1.165, 1.54) is 0 Å². The van der Waals surface area contributed by atoms with Gasteiger partial charge in [-0.05, 0) is 38.9 Å². The fraction of sp³-hybridized carbons (Fsp3) is 0.500. The normalized spacial score (nSPS) is 12.6. The van der Waals surface area contributed by atoms with Crippen LogP contribution in [0, 0.1) is 0 Å². The Hall–Kier alpha value is -1.46. The molecular formula is C16H23N3OS. The van der Waals surface area contributed by atoms with Gasteiger partial charge in [0.25, 0.3) is 0 Å². The molecule has 0 bridgehead atoms. The summed E-state index contributed by atoms with van der Waals surface area (Å²) in [6.07, 6.45) is 1.18. The maximum atomic E-state index is 5.73. The summed E-state index contributed by atoms with van der Waals surface area (Å²) in [4.78, 5) is 0. The molecule has 0 amide bonds. The average Bonchev–Trinajstić information content (AvgIpc) is 2.94. The average molecular weight is 305 g/mol. The van der Waals surface area contributed by atoms with Crippen molar-refractivity contribution in [3.8, 4) is 16.3 Å². The van der Waals surface area contributed by atoms with Crippen molar-refractivity contribution in [1.82, 2.24) is 15.5 Å². The van der Waals surface area contributed by atoms with E-state index in [1.807, 2.05) is 38.1 Å². The van der Waals surface area contributed by atoms with E-state index in [2.05, 4.69) is 29.4 Å². The molecule has 21 heavy (non-hydrogen) atoms. The Balaban J connectivity index is 2.20. The van der Waals surface area contributed by atoms with Crippen molar-refractivity contribution in [2.75, 3.05) is 6.54 Å². The zero-order chi connectivity index (χ0) is 15.2. The van der Waals surface area contributed by atoms with E-state index in [9.17, 15) is 0 Å². The summed E-state index contributed by atoms with van der Waals surface area (Å²) in [6.45, 7) is 9.25. The summed E-state index contributed by atoms with van der Waals surface area (Å²) in [6, 6.07) is 8.33. The van der Waals surface area contributed by atoms with E-state index >= 15 is 0 Å². The van der Waals surface area contributed by atoms with Crippen molar-refractivity contribution in [2.24, 2.45) is 0 Å². The van der Waals surface area contributed by atoms with Gasteiger partial charge in [-0.25, -0.2) is 0 Å². The smallest absolute Gasteiger partial charge is 0.147 e. The van der Waals surface area contributed by atoms with Crippen molar-refractivity contribution in [1.29, 1.82) is 0 Å².